The average Bonchev–Trinajstić information content (AvgIpc) is 3.03. The molecule has 2 aromatic rings. The first-order valence-corrected chi connectivity index (χ1v) is 6.57. The van der Waals surface area contributed by atoms with Crippen molar-refractivity contribution in [3.05, 3.63) is 53.4 Å². The van der Waals surface area contributed by atoms with E-state index < -0.39 is 11.9 Å². The van der Waals surface area contributed by atoms with Gasteiger partial charge in [0.25, 0.3) is 0 Å². The van der Waals surface area contributed by atoms with Gasteiger partial charge in [-0.05, 0) is 26.0 Å². The Morgan fingerprint density at radius 3 is 2.64 bits per heavy atom. The number of carbonyl (C=O) groups is 2. The van der Waals surface area contributed by atoms with Crippen LogP contribution in [0.25, 0.3) is 0 Å². The quantitative estimate of drug-likeness (QED) is 0.364. The van der Waals surface area contributed by atoms with Crippen molar-refractivity contribution in [1.29, 1.82) is 0 Å². The third kappa shape index (κ3) is 3.78. The summed E-state index contributed by atoms with van der Waals surface area (Å²) < 4.78 is 9.75. The summed E-state index contributed by atoms with van der Waals surface area (Å²) in [4.78, 5) is 28.0. The van der Waals surface area contributed by atoms with Gasteiger partial charge in [-0.2, -0.15) is 0 Å². The lowest BCUT2D eigenvalue weighted by Gasteiger charge is -1.98. The van der Waals surface area contributed by atoms with Gasteiger partial charge in [0.2, 0.25) is 0 Å². The van der Waals surface area contributed by atoms with Crippen LogP contribution in [-0.2, 0) is 9.57 Å². The van der Waals surface area contributed by atoms with Gasteiger partial charge in [-0.25, -0.2) is 9.59 Å². The average molecular weight is 302 g/mol. The number of hydrogen-bond acceptors (Lipinski definition) is 7. The van der Waals surface area contributed by atoms with E-state index >= 15 is 0 Å². The maximum Gasteiger partial charge on any atom is 0.365 e. The first kappa shape index (κ1) is 15.4. The molecule has 0 radical (unpaired) electrons. The number of oxime groups is 1. The molecule has 114 valence electrons. The first-order chi connectivity index (χ1) is 10.6. The largest absolute Gasteiger partial charge is 0.461 e. The first-order valence-electron chi connectivity index (χ1n) is 6.57. The van der Waals surface area contributed by atoms with Gasteiger partial charge < -0.3 is 14.1 Å². The number of rotatable bonds is 5. The number of hydrogen-bond donors (Lipinski definition) is 0. The molecule has 1 aromatic carbocycles. The summed E-state index contributed by atoms with van der Waals surface area (Å²) in [6.45, 7) is 3.49. The van der Waals surface area contributed by atoms with Gasteiger partial charge >= 0.3 is 11.9 Å². The predicted octanol–water partition coefficient (Wildman–Crippen LogP) is 2.43. The Morgan fingerprint density at radius 2 is 1.95 bits per heavy atom. The van der Waals surface area contributed by atoms with Crippen molar-refractivity contribution < 1.29 is 23.7 Å². The summed E-state index contributed by atoms with van der Waals surface area (Å²) in [5.41, 5.74) is 0.678. The Morgan fingerprint density at radius 1 is 1.23 bits per heavy atom. The Labute approximate surface area is 126 Å². The van der Waals surface area contributed by atoms with Crippen molar-refractivity contribution in [2.75, 3.05) is 6.61 Å². The number of carbonyl (C=O) groups excluding carboxylic acids is 2. The lowest BCUT2D eigenvalue weighted by Crippen LogP contribution is -2.05. The van der Waals surface area contributed by atoms with Crippen LogP contribution in [-0.4, -0.2) is 29.4 Å². The minimum Gasteiger partial charge on any atom is -0.461 e. The molecule has 0 aliphatic rings. The van der Waals surface area contributed by atoms with Crippen molar-refractivity contribution in [3.8, 4) is 0 Å². The Bertz CT molecular complexity index is 691. The monoisotopic (exact) mass is 302 g/mol. The highest BCUT2D eigenvalue weighted by molar-refractivity contribution is 5.98. The summed E-state index contributed by atoms with van der Waals surface area (Å²) >= 11 is 0. The van der Waals surface area contributed by atoms with E-state index in [1.165, 1.54) is 6.07 Å². The number of ether oxygens (including phenoxy) is 1. The van der Waals surface area contributed by atoms with E-state index in [9.17, 15) is 9.59 Å². The van der Waals surface area contributed by atoms with Gasteiger partial charge in [0, 0.05) is 6.07 Å². The molecule has 0 saturated carbocycles. The third-order valence-electron chi connectivity index (χ3n) is 2.63. The van der Waals surface area contributed by atoms with Gasteiger partial charge in [-0.15, -0.1) is 0 Å². The van der Waals surface area contributed by atoms with Crippen LogP contribution < -0.4 is 0 Å². The van der Waals surface area contributed by atoms with Crippen molar-refractivity contribution in [2.24, 2.45) is 5.16 Å². The zero-order valence-corrected chi connectivity index (χ0v) is 12.1. The zero-order valence-electron chi connectivity index (χ0n) is 12.1. The maximum absolute atomic E-state index is 11.7. The topological polar surface area (TPSA) is 91.0 Å². The molecule has 1 aromatic heterocycles. The highest BCUT2D eigenvalue weighted by atomic mass is 16.7. The molecule has 22 heavy (non-hydrogen) atoms. The van der Waals surface area contributed by atoms with Crippen LogP contribution in [0.3, 0.4) is 0 Å². The van der Waals surface area contributed by atoms with E-state index in [0.29, 0.717) is 5.56 Å². The lowest BCUT2D eigenvalue weighted by molar-refractivity contribution is 0.0507. The lowest BCUT2D eigenvalue weighted by atomic mass is 10.2. The Hall–Kier alpha value is -2.96. The Kier molecular flexibility index (Phi) is 5.02. The molecule has 1 heterocycles. The van der Waals surface area contributed by atoms with Gasteiger partial charge in [0.05, 0.1) is 12.2 Å². The summed E-state index contributed by atoms with van der Waals surface area (Å²) in [7, 11) is 0. The molecular weight excluding hydrogens is 288 g/mol. The molecule has 7 nitrogen and oxygen atoms in total. The van der Waals surface area contributed by atoms with Crippen LogP contribution >= 0.6 is 0 Å². The smallest absolute Gasteiger partial charge is 0.365 e. The summed E-state index contributed by atoms with van der Waals surface area (Å²) in [6.07, 6.45) is 0. The molecular formula is C15H14N2O5. The van der Waals surface area contributed by atoms with Crippen LogP contribution in [0.15, 0.2) is 46.1 Å². The third-order valence-corrected chi connectivity index (χ3v) is 2.63. The van der Waals surface area contributed by atoms with Crippen molar-refractivity contribution in [2.45, 2.75) is 13.8 Å². The highest BCUT2D eigenvalue weighted by Crippen LogP contribution is 2.08. The van der Waals surface area contributed by atoms with E-state index in [2.05, 4.69) is 10.3 Å². The van der Waals surface area contributed by atoms with Crippen LogP contribution in [0, 0.1) is 0 Å². The summed E-state index contributed by atoms with van der Waals surface area (Å²) in [5.74, 6) is -0.972. The molecule has 0 amide bonds. The van der Waals surface area contributed by atoms with Crippen LogP contribution in [0.1, 0.15) is 40.5 Å². The number of benzene rings is 1. The summed E-state index contributed by atoms with van der Waals surface area (Å²) in [5, 5.41) is 7.24. The fourth-order valence-corrected chi connectivity index (χ4v) is 1.53. The second-order valence-electron chi connectivity index (χ2n) is 4.22. The molecule has 0 atom stereocenters. The number of esters is 1. The van der Waals surface area contributed by atoms with E-state index in [1.54, 1.807) is 44.2 Å². The molecule has 0 saturated heterocycles. The minimum atomic E-state index is -0.593. The van der Waals surface area contributed by atoms with Crippen molar-refractivity contribution >= 4 is 17.7 Å². The van der Waals surface area contributed by atoms with Gasteiger partial charge in [-0.3, -0.25) is 0 Å². The molecule has 7 heteroatoms. The zero-order chi connectivity index (χ0) is 15.9. The number of aromatic nitrogens is 1. The Balaban J connectivity index is 2.03. The van der Waals surface area contributed by atoms with E-state index in [4.69, 9.17) is 14.1 Å². The molecule has 2 rings (SSSR count). The normalized spacial score (nSPS) is 11.1. The molecule has 0 unspecified atom stereocenters. The van der Waals surface area contributed by atoms with Crippen LogP contribution in [0.2, 0.25) is 0 Å². The van der Waals surface area contributed by atoms with E-state index in [1.807, 2.05) is 0 Å². The van der Waals surface area contributed by atoms with Gasteiger partial charge in [-0.1, -0.05) is 28.5 Å². The fraction of sp³-hybridized carbons (Fsp3) is 0.200. The van der Waals surface area contributed by atoms with Crippen molar-refractivity contribution in [3.63, 3.8) is 0 Å². The second-order valence-corrected chi connectivity index (χ2v) is 4.22. The predicted molar refractivity (Wildman–Crippen MR) is 76.5 cm³/mol. The molecule has 0 N–H and O–H groups in total. The standard InChI is InChI=1S/C15H14N2O5/c1-3-20-15(19)12-9-13(21-17-12)10(2)16-22-14(18)11-7-5-4-6-8-11/h4-9H,3H2,1-2H3/b16-10-. The summed E-state index contributed by atoms with van der Waals surface area (Å²) in [6, 6.07) is 9.81. The molecule has 0 aliphatic carbocycles. The molecule has 0 spiro atoms. The van der Waals surface area contributed by atoms with Crippen LogP contribution in [0.4, 0.5) is 0 Å². The fourth-order valence-electron chi connectivity index (χ4n) is 1.53. The van der Waals surface area contributed by atoms with Crippen LogP contribution in [0.5, 0.6) is 0 Å². The van der Waals surface area contributed by atoms with Crippen molar-refractivity contribution in [1.82, 2.24) is 5.16 Å². The van der Waals surface area contributed by atoms with E-state index in [0.717, 1.165) is 0 Å². The van der Waals surface area contributed by atoms with Gasteiger partial charge in [0.15, 0.2) is 11.5 Å². The second kappa shape index (κ2) is 7.16. The molecule has 0 fully saturated rings. The minimum absolute atomic E-state index is 0.0285. The SMILES string of the molecule is CCOC(=O)c1cc(/C(C)=N\OC(=O)c2ccccc2)on1. The maximum atomic E-state index is 11.7. The highest BCUT2D eigenvalue weighted by Gasteiger charge is 2.15. The molecule has 0 bridgehead atoms. The van der Waals surface area contributed by atoms with Gasteiger partial charge in [0.1, 0.15) is 5.71 Å². The molecule has 0 aliphatic heterocycles. The number of nitrogens with zero attached hydrogens (tertiary/aromatic N) is 2. The van der Waals surface area contributed by atoms with E-state index in [-0.39, 0.29) is 23.8 Å².